The molecule has 0 N–H and O–H groups in total. The zero-order valence-corrected chi connectivity index (χ0v) is 18.8. The molecule has 31 heavy (non-hydrogen) atoms. The van der Waals surface area contributed by atoms with Crippen LogP contribution in [0.1, 0.15) is 5.56 Å². The van der Waals surface area contributed by atoms with E-state index in [1.807, 2.05) is 36.4 Å². The molecule has 158 valence electrons. The molecule has 0 atom stereocenters. The Bertz CT molecular complexity index is 1100. The summed E-state index contributed by atoms with van der Waals surface area (Å²) in [5, 5.41) is 9.62. The van der Waals surface area contributed by atoms with Gasteiger partial charge in [0.25, 0.3) is 0 Å². The summed E-state index contributed by atoms with van der Waals surface area (Å²) in [5.41, 5.74) is 2.35. The molecule has 1 heterocycles. The number of hydrogen-bond acceptors (Lipinski definition) is 7. The maximum Gasteiger partial charge on any atom is 0.331 e. The number of fused-ring (bicyclic) bond motifs is 1. The van der Waals surface area contributed by atoms with Crippen LogP contribution < -0.4 is 14.5 Å². The molecule has 0 aliphatic carbocycles. The fourth-order valence-electron chi connectivity index (χ4n) is 3.31. The average Bonchev–Trinajstić information content (AvgIpc) is 3.02. The Morgan fingerprint density at radius 1 is 1.13 bits per heavy atom. The van der Waals surface area contributed by atoms with Gasteiger partial charge in [0.1, 0.15) is 23.2 Å². The zero-order chi connectivity index (χ0) is 22.5. The van der Waals surface area contributed by atoms with Crippen molar-refractivity contribution in [3.8, 4) is 11.8 Å². The number of carbonyl (C=O) groups excluding carboxylic acids is 2. The molecule has 1 aliphatic rings. The number of Topliss-reactive ketones (excluding diaryl/α,β-unsaturated/α-hetero) is 1. The van der Waals surface area contributed by atoms with Crippen molar-refractivity contribution < 1.29 is 19.1 Å². The number of esters is 1. The molecular formula is C23H20BrN3O4. The number of nitrogens with zero attached hydrogens (tertiary/aromatic N) is 3. The van der Waals surface area contributed by atoms with Crippen molar-refractivity contribution in [3.05, 3.63) is 70.0 Å². The maximum atomic E-state index is 12.7. The monoisotopic (exact) mass is 481 g/mol. The van der Waals surface area contributed by atoms with Crippen LogP contribution in [0.5, 0.6) is 5.75 Å². The fraction of sp³-hybridized carbons (Fsp3) is 0.174. The van der Waals surface area contributed by atoms with Gasteiger partial charge in [0.05, 0.1) is 18.5 Å². The summed E-state index contributed by atoms with van der Waals surface area (Å²) >= 11 is 3.36. The number of rotatable bonds is 6. The van der Waals surface area contributed by atoms with Crippen molar-refractivity contribution >= 4 is 45.1 Å². The second-order valence-corrected chi connectivity index (χ2v) is 7.58. The Kier molecular flexibility index (Phi) is 6.78. The summed E-state index contributed by atoms with van der Waals surface area (Å²) in [5.74, 6) is -0.245. The highest BCUT2D eigenvalue weighted by molar-refractivity contribution is 9.10. The second kappa shape index (κ2) is 9.49. The Morgan fingerprint density at radius 2 is 1.77 bits per heavy atom. The molecule has 7 nitrogen and oxygen atoms in total. The Labute approximate surface area is 188 Å². The van der Waals surface area contributed by atoms with E-state index in [-0.39, 0.29) is 5.57 Å². The average molecular weight is 482 g/mol. The molecule has 0 aromatic heterocycles. The molecule has 2 aromatic carbocycles. The molecule has 0 saturated carbocycles. The third-order valence-corrected chi connectivity index (χ3v) is 5.28. The number of ketones is 1. The topological polar surface area (TPSA) is 82.9 Å². The molecule has 0 unspecified atom stereocenters. The standard InChI is InChI=1S/C23H20BrN3O4/c1-26-18-6-4-5-7-19(18)27(2)23(26)17(13-25)20(28)14-31-22(29)11-8-15-12-16(24)9-10-21(15)30-3/h4-12H,14H2,1-3H3/b11-8+. The predicted molar refractivity (Wildman–Crippen MR) is 122 cm³/mol. The molecule has 3 rings (SSSR count). The minimum atomic E-state index is -0.700. The van der Waals surface area contributed by atoms with E-state index in [1.165, 1.54) is 19.3 Å². The normalized spacial score (nSPS) is 12.5. The molecule has 0 saturated heterocycles. The van der Waals surface area contributed by atoms with Gasteiger partial charge in [-0.25, -0.2) is 4.79 Å². The molecule has 8 heteroatoms. The third-order valence-electron chi connectivity index (χ3n) is 4.79. The third kappa shape index (κ3) is 4.62. The van der Waals surface area contributed by atoms with Crippen molar-refractivity contribution in [1.29, 1.82) is 5.26 Å². The summed E-state index contributed by atoms with van der Waals surface area (Å²) in [6, 6.07) is 14.9. The number of para-hydroxylation sites is 2. The highest BCUT2D eigenvalue weighted by Crippen LogP contribution is 2.40. The smallest absolute Gasteiger partial charge is 0.331 e. The molecule has 2 aromatic rings. The number of halogens is 1. The van der Waals surface area contributed by atoms with E-state index in [0.29, 0.717) is 17.1 Å². The Hall–Kier alpha value is -3.57. The van der Waals surface area contributed by atoms with Gasteiger partial charge in [-0.1, -0.05) is 28.1 Å². The first-order chi connectivity index (χ1) is 14.9. The van der Waals surface area contributed by atoms with Gasteiger partial charge in [0, 0.05) is 30.2 Å². The lowest BCUT2D eigenvalue weighted by Gasteiger charge is -2.19. The molecule has 0 fully saturated rings. The first-order valence-electron chi connectivity index (χ1n) is 9.29. The van der Waals surface area contributed by atoms with E-state index in [0.717, 1.165) is 15.8 Å². The van der Waals surface area contributed by atoms with E-state index in [9.17, 15) is 14.9 Å². The minimum Gasteiger partial charge on any atom is -0.496 e. The van der Waals surface area contributed by atoms with Crippen molar-refractivity contribution in [2.45, 2.75) is 0 Å². The lowest BCUT2D eigenvalue weighted by Crippen LogP contribution is -2.27. The van der Waals surface area contributed by atoms with Crippen LogP contribution in [0.15, 0.2) is 64.4 Å². The van der Waals surface area contributed by atoms with E-state index >= 15 is 0 Å². The maximum absolute atomic E-state index is 12.7. The van der Waals surface area contributed by atoms with Crippen LogP contribution >= 0.6 is 15.9 Å². The van der Waals surface area contributed by atoms with E-state index in [1.54, 1.807) is 36.0 Å². The van der Waals surface area contributed by atoms with Gasteiger partial charge in [-0.3, -0.25) is 4.79 Å². The molecular weight excluding hydrogens is 462 g/mol. The number of ether oxygens (including phenoxy) is 2. The summed E-state index contributed by atoms with van der Waals surface area (Å²) in [6.07, 6.45) is 2.75. The van der Waals surface area contributed by atoms with Crippen LogP contribution in [0, 0.1) is 11.3 Å². The number of benzene rings is 2. The second-order valence-electron chi connectivity index (χ2n) is 6.67. The number of nitriles is 1. The lowest BCUT2D eigenvalue weighted by molar-refractivity contribution is -0.141. The molecule has 0 amide bonds. The van der Waals surface area contributed by atoms with Crippen LogP contribution in [0.4, 0.5) is 11.4 Å². The van der Waals surface area contributed by atoms with Crippen molar-refractivity contribution in [1.82, 2.24) is 0 Å². The number of carbonyl (C=O) groups is 2. The molecule has 1 aliphatic heterocycles. The number of hydrogen-bond donors (Lipinski definition) is 0. The summed E-state index contributed by atoms with van der Waals surface area (Å²) in [6.45, 7) is -0.538. The van der Waals surface area contributed by atoms with Crippen LogP contribution in [0.2, 0.25) is 0 Å². The SMILES string of the molecule is COc1ccc(Br)cc1/C=C/C(=O)OCC(=O)C(C#N)=C1N(C)c2ccccc2N1C. The largest absolute Gasteiger partial charge is 0.496 e. The van der Waals surface area contributed by atoms with Gasteiger partial charge in [-0.15, -0.1) is 0 Å². The number of anilines is 2. The van der Waals surface area contributed by atoms with E-state index in [2.05, 4.69) is 15.9 Å². The Morgan fingerprint density at radius 3 is 2.35 bits per heavy atom. The van der Waals surface area contributed by atoms with Crippen molar-refractivity contribution in [2.75, 3.05) is 37.6 Å². The van der Waals surface area contributed by atoms with Crippen LogP contribution in [-0.4, -0.2) is 39.6 Å². The highest BCUT2D eigenvalue weighted by atomic mass is 79.9. The Balaban J connectivity index is 1.72. The number of methoxy groups -OCH3 is 1. The summed E-state index contributed by atoms with van der Waals surface area (Å²) < 4.78 is 11.1. The van der Waals surface area contributed by atoms with Gasteiger partial charge in [0.2, 0.25) is 5.78 Å². The zero-order valence-electron chi connectivity index (χ0n) is 17.3. The fourth-order valence-corrected chi connectivity index (χ4v) is 3.69. The minimum absolute atomic E-state index is 0.0772. The van der Waals surface area contributed by atoms with Crippen molar-refractivity contribution in [2.24, 2.45) is 0 Å². The first-order valence-corrected chi connectivity index (χ1v) is 10.1. The molecule has 0 bridgehead atoms. The predicted octanol–water partition coefficient (Wildman–Crippen LogP) is 3.90. The lowest BCUT2D eigenvalue weighted by atomic mass is 10.2. The van der Waals surface area contributed by atoms with Gasteiger partial charge in [0.15, 0.2) is 6.61 Å². The quantitative estimate of drug-likeness (QED) is 0.351. The first kappa shape index (κ1) is 22.1. The van der Waals surface area contributed by atoms with Crippen LogP contribution in [0.25, 0.3) is 6.08 Å². The van der Waals surface area contributed by atoms with Crippen LogP contribution in [0.3, 0.4) is 0 Å². The van der Waals surface area contributed by atoms with Gasteiger partial charge in [-0.2, -0.15) is 5.26 Å². The van der Waals surface area contributed by atoms with E-state index in [4.69, 9.17) is 9.47 Å². The van der Waals surface area contributed by atoms with Gasteiger partial charge >= 0.3 is 5.97 Å². The van der Waals surface area contributed by atoms with Gasteiger partial charge in [-0.05, 0) is 36.4 Å². The van der Waals surface area contributed by atoms with E-state index < -0.39 is 18.4 Å². The molecule has 0 spiro atoms. The highest BCUT2D eigenvalue weighted by Gasteiger charge is 2.31. The summed E-state index contributed by atoms with van der Waals surface area (Å²) in [7, 11) is 5.09. The van der Waals surface area contributed by atoms with Crippen LogP contribution in [-0.2, 0) is 14.3 Å². The molecule has 0 radical (unpaired) electrons. The van der Waals surface area contributed by atoms with Gasteiger partial charge < -0.3 is 19.3 Å². The van der Waals surface area contributed by atoms with Crippen molar-refractivity contribution in [3.63, 3.8) is 0 Å². The summed E-state index contributed by atoms with van der Waals surface area (Å²) in [4.78, 5) is 28.3.